The van der Waals surface area contributed by atoms with Crippen LogP contribution in [0.5, 0.6) is 11.5 Å². The SMILES string of the molecule is Cc1ccccc1C(=O)Oc1cc(S(N)(=O)=O)c(O)c2ccccc12. The molecule has 0 aliphatic carbocycles. The van der Waals surface area contributed by atoms with Gasteiger partial charge in [-0.25, -0.2) is 18.4 Å². The van der Waals surface area contributed by atoms with Gasteiger partial charge in [0, 0.05) is 16.8 Å². The summed E-state index contributed by atoms with van der Waals surface area (Å²) in [5.41, 5.74) is 1.08. The number of aromatic hydroxyl groups is 1. The monoisotopic (exact) mass is 357 g/mol. The zero-order chi connectivity index (χ0) is 18.2. The number of primary sulfonamides is 1. The fourth-order valence-electron chi connectivity index (χ4n) is 2.56. The van der Waals surface area contributed by atoms with Crippen LogP contribution in [0.1, 0.15) is 15.9 Å². The Balaban J connectivity index is 2.18. The molecule has 0 radical (unpaired) electrons. The van der Waals surface area contributed by atoms with E-state index in [0.29, 0.717) is 10.9 Å². The first-order valence-corrected chi connectivity index (χ1v) is 8.89. The average Bonchev–Trinajstić information content (AvgIpc) is 2.56. The molecule has 3 rings (SSSR count). The first kappa shape index (κ1) is 16.9. The largest absolute Gasteiger partial charge is 0.506 e. The highest BCUT2D eigenvalue weighted by Crippen LogP contribution is 2.38. The maximum absolute atomic E-state index is 12.5. The number of rotatable bonds is 3. The van der Waals surface area contributed by atoms with Crippen molar-refractivity contribution in [1.82, 2.24) is 0 Å². The van der Waals surface area contributed by atoms with Crippen molar-refractivity contribution in [3.8, 4) is 11.5 Å². The van der Waals surface area contributed by atoms with Gasteiger partial charge in [0.25, 0.3) is 0 Å². The second-order valence-corrected chi connectivity index (χ2v) is 7.05. The van der Waals surface area contributed by atoms with Gasteiger partial charge in [-0.05, 0) is 18.6 Å². The van der Waals surface area contributed by atoms with Crippen LogP contribution in [0, 0.1) is 6.92 Å². The smallest absolute Gasteiger partial charge is 0.343 e. The standard InChI is InChI=1S/C18H15NO5S/c1-11-6-2-3-7-12(11)18(21)24-15-10-16(25(19,22)23)17(20)14-9-5-4-8-13(14)15/h2-10,20H,1H3,(H2,19,22,23). The van der Waals surface area contributed by atoms with Gasteiger partial charge in [-0.15, -0.1) is 0 Å². The molecule has 0 saturated carbocycles. The Hall–Kier alpha value is -2.90. The number of phenols is 1. The van der Waals surface area contributed by atoms with Crippen LogP contribution >= 0.6 is 0 Å². The van der Waals surface area contributed by atoms with E-state index in [1.165, 1.54) is 6.07 Å². The van der Waals surface area contributed by atoms with Crippen molar-refractivity contribution >= 4 is 26.8 Å². The number of carbonyl (C=O) groups excluding carboxylic acids is 1. The van der Waals surface area contributed by atoms with Crippen molar-refractivity contribution in [3.05, 3.63) is 65.7 Å². The number of nitrogens with two attached hydrogens (primary N) is 1. The molecule has 3 N–H and O–H groups in total. The van der Waals surface area contributed by atoms with Crippen LogP contribution in [0.4, 0.5) is 0 Å². The van der Waals surface area contributed by atoms with Gasteiger partial charge in [0.15, 0.2) is 0 Å². The van der Waals surface area contributed by atoms with Crippen molar-refractivity contribution in [2.45, 2.75) is 11.8 Å². The molecule has 0 atom stereocenters. The van der Waals surface area contributed by atoms with Gasteiger partial charge in [-0.2, -0.15) is 0 Å². The molecule has 0 aromatic heterocycles. The molecule has 0 heterocycles. The first-order valence-electron chi connectivity index (χ1n) is 7.34. The summed E-state index contributed by atoms with van der Waals surface area (Å²) in [6, 6.07) is 14.4. The Labute approximate surface area is 144 Å². The highest BCUT2D eigenvalue weighted by atomic mass is 32.2. The molecule has 25 heavy (non-hydrogen) atoms. The highest BCUT2D eigenvalue weighted by molar-refractivity contribution is 7.89. The van der Waals surface area contributed by atoms with E-state index in [-0.39, 0.29) is 11.1 Å². The van der Waals surface area contributed by atoms with Crippen molar-refractivity contribution in [2.24, 2.45) is 5.14 Å². The average molecular weight is 357 g/mol. The van der Waals surface area contributed by atoms with Gasteiger partial charge >= 0.3 is 5.97 Å². The molecule has 7 heteroatoms. The van der Waals surface area contributed by atoms with Gasteiger partial charge in [-0.1, -0.05) is 42.5 Å². The lowest BCUT2D eigenvalue weighted by Crippen LogP contribution is -2.14. The minimum absolute atomic E-state index is 0.00526. The van der Waals surface area contributed by atoms with E-state index in [0.717, 1.165) is 11.6 Å². The normalized spacial score (nSPS) is 11.4. The van der Waals surface area contributed by atoms with Crippen molar-refractivity contribution in [2.75, 3.05) is 0 Å². The molecule has 0 unspecified atom stereocenters. The highest BCUT2D eigenvalue weighted by Gasteiger charge is 2.21. The van der Waals surface area contributed by atoms with Crippen LogP contribution in [0.25, 0.3) is 10.8 Å². The van der Waals surface area contributed by atoms with Crippen LogP contribution in [0.3, 0.4) is 0 Å². The quantitative estimate of drug-likeness (QED) is 0.554. The lowest BCUT2D eigenvalue weighted by Gasteiger charge is -2.13. The molecule has 3 aromatic carbocycles. The van der Waals surface area contributed by atoms with Crippen LogP contribution in [0.2, 0.25) is 0 Å². The molecule has 0 fully saturated rings. The van der Waals surface area contributed by atoms with Crippen LogP contribution in [-0.4, -0.2) is 19.5 Å². The lowest BCUT2D eigenvalue weighted by atomic mass is 10.1. The maximum atomic E-state index is 12.5. The van der Waals surface area contributed by atoms with Crippen molar-refractivity contribution < 1.29 is 23.1 Å². The van der Waals surface area contributed by atoms with Crippen LogP contribution in [0.15, 0.2) is 59.5 Å². The van der Waals surface area contributed by atoms with Gasteiger partial charge in [0.1, 0.15) is 16.4 Å². The number of fused-ring (bicyclic) bond motifs is 1. The molecule has 0 aliphatic heterocycles. The topological polar surface area (TPSA) is 107 Å². The minimum Gasteiger partial charge on any atom is -0.506 e. The lowest BCUT2D eigenvalue weighted by molar-refractivity contribution is 0.0735. The fourth-order valence-corrected chi connectivity index (χ4v) is 3.21. The molecular formula is C18H15NO5S. The molecule has 3 aromatic rings. The number of aryl methyl sites for hydroxylation is 1. The molecule has 0 amide bonds. The van der Waals surface area contributed by atoms with Crippen molar-refractivity contribution in [1.29, 1.82) is 0 Å². The van der Waals surface area contributed by atoms with E-state index in [4.69, 9.17) is 9.88 Å². The number of esters is 1. The van der Waals surface area contributed by atoms with Crippen LogP contribution < -0.4 is 9.88 Å². The molecule has 128 valence electrons. The third-order valence-electron chi connectivity index (χ3n) is 3.82. The second kappa shape index (κ2) is 6.19. The second-order valence-electron chi connectivity index (χ2n) is 5.52. The first-order chi connectivity index (χ1) is 11.8. The summed E-state index contributed by atoms with van der Waals surface area (Å²) >= 11 is 0. The number of hydrogen-bond donors (Lipinski definition) is 2. The number of carbonyl (C=O) groups is 1. The number of phenolic OH excluding ortho intramolecular Hbond substituents is 1. The number of sulfonamides is 1. The summed E-state index contributed by atoms with van der Waals surface area (Å²) in [5.74, 6) is -1.10. The van der Waals surface area contributed by atoms with E-state index in [1.807, 2.05) is 0 Å². The molecular weight excluding hydrogens is 342 g/mol. The third kappa shape index (κ3) is 3.19. The Morgan fingerprint density at radius 2 is 1.64 bits per heavy atom. The van der Waals surface area contributed by atoms with Crippen LogP contribution in [-0.2, 0) is 10.0 Å². The summed E-state index contributed by atoms with van der Waals surface area (Å²) in [5, 5.41) is 16.0. The molecule has 6 nitrogen and oxygen atoms in total. The van der Waals surface area contributed by atoms with Gasteiger partial charge in [0.2, 0.25) is 10.0 Å². The fraction of sp³-hybridized carbons (Fsp3) is 0.0556. The Morgan fingerprint density at radius 1 is 1.04 bits per heavy atom. The predicted octanol–water partition coefficient (Wildman–Crippen LogP) is 2.72. The van der Waals surface area contributed by atoms with Gasteiger partial charge in [0.05, 0.1) is 5.56 Å². The van der Waals surface area contributed by atoms with E-state index >= 15 is 0 Å². The van der Waals surface area contributed by atoms with Gasteiger partial charge in [-0.3, -0.25) is 0 Å². The van der Waals surface area contributed by atoms with E-state index < -0.39 is 26.6 Å². The molecule has 0 aliphatic rings. The number of benzene rings is 3. The molecule has 0 saturated heterocycles. The summed E-state index contributed by atoms with van der Waals surface area (Å²) in [6.07, 6.45) is 0. The number of hydrogen-bond acceptors (Lipinski definition) is 5. The van der Waals surface area contributed by atoms with Gasteiger partial charge < -0.3 is 9.84 Å². The van der Waals surface area contributed by atoms with E-state index in [1.54, 1.807) is 49.4 Å². The summed E-state index contributed by atoms with van der Waals surface area (Å²) < 4.78 is 28.9. The third-order valence-corrected chi connectivity index (χ3v) is 4.74. The minimum atomic E-state index is -4.20. The summed E-state index contributed by atoms with van der Waals surface area (Å²) in [6.45, 7) is 1.77. The summed E-state index contributed by atoms with van der Waals surface area (Å²) in [4.78, 5) is 12.0. The zero-order valence-electron chi connectivity index (χ0n) is 13.3. The Morgan fingerprint density at radius 3 is 2.28 bits per heavy atom. The zero-order valence-corrected chi connectivity index (χ0v) is 14.1. The maximum Gasteiger partial charge on any atom is 0.343 e. The van der Waals surface area contributed by atoms with E-state index in [2.05, 4.69) is 0 Å². The number of ether oxygens (including phenoxy) is 1. The summed E-state index contributed by atoms with van der Waals surface area (Å²) in [7, 11) is -4.20. The molecule has 0 bridgehead atoms. The van der Waals surface area contributed by atoms with Crippen molar-refractivity contribution in [3.63, 3.8) is 0 Å². The molecule has 0 spiro atoms. The van der Waals surface area contributed by atoms with E-state index in [9.17, 15) is 18.3 Å². The Bertz CT molecular complexity index is 1090. The predicted molar refractivity (Wildman–Crippen MR) is 93.1 cm³/mol. The Kier molecular flexibility index (Phi) is 4.20.